The van der Waals surface area contributed by atoms with Crippen LogP contribution in [0.5, 0.6) is 0 Å². The minimum Gasteiger partial charge on any atom is -0.452 e. The number of ether oxygens (including phenoxy) is 1. The number of thiazole rings is 1. The fourth-order valence-corrected chi connectivity index (χ4v) is 2.93. The highest BCUT2D eigenvalue weighted by Crippen LogP contribution is 2.21. The zero-order valence-electron chi connectivity index (χ0n) is 14.1. The van der Waals surface area contributed by atoms with Crippen LogP contribution >= 0.6 is 11.3 Å². The fourth-order valence-electron chi connectivity index (χ4n) is 2.22. The molecule has 0 saturated heterocycles. The number of amides is 1. The molecule has 1 heterocycles. The number of carbonyl (C=O) groups is 2. The molecular formula is C19H17N3O3S. The van der Waals surface area contributed by atoms with Crippen LogP contribution in [0.3, 0.4) is 0 Å². The van der Waals surface area contributed by atoms with Crippen molar-refractivity contribution in [3.8, 4) is 0 Å². The SMILES string of the molecule is Cc1csc(NC(=O)COC(=O)c2ccccc2Nc2ccccc2)n1. The van der Waals surface area contributed by atoms with E-state index >= 15 is 0 Å². The molecule has 26 heavy (non-hydrogen) atoms. The molecule has 0 unspecified atom stereocenters. The van der Waals surface area contributed by atoms with Crippen LogP contribution in [0.15, 0.2) is 60.0 Å². The van der Waals surface area contributed by atoms with Crippen molar-refractivity contribution >= 4 is 39.7 Å². The van der Waals surface area contributed by atoms with E-state index in [2.05, 4.69) is 15.6 Å². The number of benzene rings is 2. The lowest BCUT2D eigenvalue weighted by Gasteiger charge is -2.11. The normalized spacial score (nSPS) is 10.2. The van der Waals surface area contributed by atoms with Gasteiger partial charge in [0.25, 0.3) is 5.91 Å². The molecule has 0 bridgehead atoms. The van der Waals surface area contributed by atoms with Gasteiger partial charge >= 0.3 is 5.97 Å². The second-order valence-corrected chi connectivity index (χ2v) is 6.31. The zero-order valence-corrected chi connectivity index (χ0v) is 14.9. The van der Waals surface area contributed by atoms with E-state index in [1.54, 1.807) is 18.2 Å². The summed E-state index contributed by atoms with van der Waals surface area (Å²) in [6, 6.07) is 16.5. The van der Waals surface area contributed by atoms with Gasteiger partial charge < -0.3 is 10.1 Å². The number of aryl methyl sites for hydroxylation is 1. The summed E-state index contributed by atoms with van der Waals surface area (Å²) in [6.45, 7) is 1.46. The molecule has 132 valence electrons. The summed E-state index contributed by atoms with van der Waals surface area (Å²) < 4.78 is 5.13. The van der Waals surface area contributed by atoms with E-state index in [-0.39, 0.29) is 6.61 Å². The Labute approximate surface area is 154 Å². The van der Waals surface area contributed by atoms with Gasteiger partial charge in [-0.3, -0.25) is 10.1 Å². The van der Waals surface area contributed by atoms with Gasteiger partial charge in [0.05, 0.1) is 16.9 Å². The molecule has 0 saturated carbocycles. The molecule has 2 N–H and O–H groups in total. The molecule has 6 nitrogen and oxygen atoms in total. The first-order valence-corrected chi connectivity index (χ1v) is 8.80. The van der Waals surface area contributed by atoms with E-state index in [1.165, 1.54) is 11.3 Å². The first kappa shape index (κ1) is 17.6. The molecular weight excluding hydrogens is 350 g/mol. The minimum atomic E-state index is -0.575. The second kappa shape index (κ2) is 8.26. The minimum absolute atomic E-state index is 0.356. The fraction of sp³-hybridized carbons (Fsp3) is 0.105. The van der Waals surface area contributed by atoms with Crippen molar-refractivity contribution in [1.82, 2.24) is 4.98 Å². The Bertz CT molecular complexity index is 909. The lowest BCUT2D eigenvalue weighted by molar-refractivity contribution is -0.119. The molecule has 7 heteroatoms. The third-order valence-electron chi connectivity index (χ3n) is 3.40. The van der Waals surface area contributed by atoms with Crippen LogP contribution in [0.1, 0.15) is 16.1 Å². The number of para-hydroxylation sites is 2. The number of carbonyl (C=O) groups excluding carboxylic acids is 2. The smallest absolute Gasteiger partial charge is 0.340 e. The van der Waals surface area contributed by atoms with Crippen molar-refractivity contribution in [2.75, 3.05) is 17.2 Å². The summed E-state index contributed by atoms with van der Waals surface area (Å²) in [5.74, 6) is -1.00. The standard InChI is InChI=1S/C19H17N3O3S/c1-13-12-26-19(20-13)22-17(23)11-25-18(24)15-9-5-6-10-16(15)21-14-7-3-2-4-8-14/h2-10,12,21H,11H2,1H3,(H,20,22,23). The average Bonchev–Trinajstić information content (AvgIpc) is 3.06. The molecule has 1 amide bonds. The Kier molecular flexibility index (Phi) is 5.60. The third kappa shape index (κ3) is 4.67. The maximum absolute atomic E-state index is 12.4. The predicted molar refractivity (Wildman–Crippen MR) is 102 cm³/mol. The topological polar surface area (TPSA) is 80.3 Å². The molecule has 0 spiro atoms. The van der Waals surface area contributed by atoms with E-state index in [0.29, 0.717) is 16.4 Å². The molecule has 0 aliphatic rings. The van der Waals surface area contributed by atoms with Crippen LogP contribution in [0.2, 0.25) is 0 Å². The molecule has 0 atom stereocenters. The van der Waals surface area contributed by atoms with E-state index in [9.17, 15) is 9.59 Å². The van der Waals surface area contributed by atoms with Crippen molar-refractivity contribution in [2.45, 2.75) is 6.92 Å². The van der Waals surface area contributed by atoms with Gasteiger partial charge in [0.15, 0.2) is 11.7 Å². The van der Waals surface area contributed by atoms with E-state index in [0.717, 1.165) is 11.4 Å². The molecule has 0 fully saturated rings. The lowest BCUT2D eigenvalue weighted by atomic mass is 10.1. The Morgan fingerprint density at radius 3 is 2.54 bits per heavy atom. The van der Waals surface area contributed by atoms with Gasteiger partial charge in [-0.05, 0) is 31.2 Å². The van der Waals surface area contributed by atoms with Crippen molar-refractivity contribution in [2.24, 2.45) is 0 Å². The van der Waals surface area contributed by atoms with Gasteiger partial charge in [-0.25, -0.2) is 9.78 Å². The van der Waals surface area contributed by atoms with Gasteiger partial charge in [0, 0.05) is 11.1 Å². The monoisotopic (exact) mass is 367 g/mol. The average molecular weight is 367 g/mol. The van der Waals surface area contributed by atoms with Crippen molar-refractivity contribution < 1.29 is 14.3 Å². The van der Waals surface area contributed by atoms with Crippen molar-refractivity contribution in [3.63, 3.8) is 0 Å². The van der Waals surface area contributed by atoms with Gasteiger partial charge in [-0.15, -0.1) is 11.3 Å². The summed E-state index contributed by atoms with van der Waals surface area (Å²) in [7, 11) is 0. The Balaban J connectivity index is 1.62. The number of esters is 1. The van der Waals surface area contributed by atoms with E-state index in [1.807, 2.05) is 48.7 Å². The molecule has 0 aliphatic carbocycles. The van der Waals surface area contributed by atoms with Crippen LogP contribution in [0, 0.1) is 6.92 Å². The van der Waals surface area contributed by atoms with Crippen molar-refractivity contribution in [3.05, 3.63) is 71.2 Å². The van der Waals surface area contributed by atoms with Crippen LogP contribution in [0.4, 0.5) is 16.5 Å². The third-order valence-corrected chi connectivity index (χ3v) is 4.28. The van der Waals surface area contributed by atoms with Crippen LogP contribution in [0.25, 0.3) is 0 Å². The van der Waals surface area contributed by atoms with Crippen LogP contribution in [-0.2, 0) is 9.53 Å². The number of nitrogens with one attached hydrogen (secondary N) is 2. The summed E-state index contributed by atoms with van der Waals surface area (Å²) in [6.07, 6.45) is 0. The maximum atomic E-state index is 12.4. The number of aromatic nitrogens is 1. The summed E-state index contributed by atoms with van der Waals surface area (Å²) >= 11 is 1.32. The second-order valence-electron chi connectivity index (χ2n) is 5.45. The number of nitrogens with zero attached hydrogens (tertiary/aromatic N) is 1. The first-order valence-electron chi connectivity index (χ1n) is 7.92. The largest absolute Gasteiger partial charge is 0.452 e. The number of hydrogen-bond acceptors (Lipinski definition) is 6. The van der Waals surface area contributed by atoms with E-state index < -0.39 is 11.9 Å². The maximum Gasteiger partial charge on any atom is 0.340 e. The first-order chi connectivity index (χ1) is 12.6. The molecule has 2 aromatic carbocycles. The molecule has 0 aliphatic heterocycles. The molecule has 1 aromatic heterocycles. The predicted octanol–water partition coefficient (Wildman–Crippen LogP) is 3.99. The Hall–Kier alpha value is -3.19. The Morgan fingerprint density at radius 1 is 1.08 bits per heavy atom. The van der Waals surface area contributed by atoms with Crippen molar-refractivity contribution in [1.29, 1.82) is 0 Å². The lowest BCUT2D eigenvalue weighted by Crippen LogP contribution is -2.21. The highest BCUT2D eigenvalue weighted by molar-refractivity contribution is 7.13. The summed E-state index contributed by atoms with van der Waals surface area (Å²) in [5.41, 5.74) is 2.64. The van der Waals surface area contributed by atoms with E-state index in [4.69, 9.17) is 4.74 Å². The molecule has 3 rings (SSSR count). The quantitative estimate of drug-likeness (QED) is 0.644. The highest BCUT2D eigenvalue weighted by atomic mass is 32.1. The van der Waals surface area contributed by atoms with Gasteiger partial charge in [0.1, 0.15) is 0 Å². The zero-order chi connectivity index (χ0) is 18.4. The Morgan fingerprint density at radius 2 is 1.81 bits per heavy atom. The molecule has 0 radical (unpaired) electrons. The number of hydrogen-bond donors (Lipinski definition) is 2. The highest BCUT2D eigenvalue weighted by Gasteiger charge is 2.15. The van der Waals surface area contributed by atoms with Crippen LogP contribution in [-0.4, -0.2) is 23.5 Å². The summed E-state index contributed by atoms with van der Waals surface area (Å²) in [4.78, 5) is 28.4. The number of anilines is 3. The summed E-state index contributed by atoms with van der Waals surface area (Å²) in [5, 5.41) is 8.08. The van der Waals surface area contributed by atoms with Gasteiger partial charge in [-0.1, -0.05) is 30.3 Å². The number of rotatable bonds is 6. The van der Waals surface area contributed by atoms with Gasteiger partial charge in [0.2, 0.25) is 0 Å². The van der Waals surface area contributed by atoms with Crippen LogP contribution < -0.4 is 10.6 Å². The molecule has 3 aromatic rings. The van der Waals surface area contributed by atoms with Gasteiger partial charge in [-0.2, -0.15) is 0 Å².